The molecule has 7 nitrogen and oxygen atoms in total. The molecule has 1 N–H and O–H groups in total. The minimum atomic E-state index is -0.372. The molecule has 27 heavy (non-hydrogen) atoms. The fourth-order valence-corrected chi connectivity index (χ4v) is 3.21. The van der Waals surface area contributed by atoms with Crippen molar-refractivity contribution in [2.24, 2.45) is 0 Å². The zero-order valence-corrected chi connectivity index (χ0v) is 16.4. The normalized spacial score (nSPS) is 11.9. The summed E-state index contributed by atoms with van der Waals surface area (Å²) in [4.78, 5) is 12.5. The number of aryl methyl sites for hydroxylation is 2. The molecule has 1 aromatic heterocycles. The van der Waals surface area contributed by atoms with E-state index in [1.807, 2.05) is 32.0 Å². The van der Waals surface area contributed by atoms with Gasteiger partial charge in [-0.15, -0.1) is 5.10 Å². The number of aromatic nitrogens is 4. The zero-order chi connectivity index (χ0) is 19.4. The van der Waals surface area contributed by atoms with Crippen LogP contribution in [0.4, 0.5) is 5.69 Å². The Morgan fingerprint density at radius 2 is 1.89 bits per heavy atom. The van der Waals surface area contributed by atoms with Crippen LogP contribution in [0.15, 0.2) is 47.6 Å². The van der Waals surface area contributed by atoms with Gasteiger partial charge < -0.3 is 10.1 Å². The molecule has 3 rings (SSSR count). The van der Waals surface area contributed by atoms with E-state index in [9.17, 15) is 4.79 Å². The molecule has 0 spiro atoms. The van der Waals surface area contributed by atoms with Gasteiger partial charge in [-0.25, -0.2) is 0 Å². The number of rotatable bonds is 6. The van der Waals surface area contributed by atoms with E-state index in [-0.39, 0.29) is 11.2 Å². The predicted octanol–water partition coefficient (Wildman–Crippen LogP) is 3.41. The molecular formula is C19H21N5O2S. The van der Waals surface area contributed by atoms with Crippen molar-refractivity contribution >= 4 is 23.4 Å². The second-order valence-electron chi connectivity index (χ2n) is 6.12. The number of thioether (sulfide) groups is 1. The van der Waals surface area contributed by atoms with E-state index in [0.29, 0.717) is 10.8 Å². The SMILES string of the molecule is COc1ccc(NC(=O)C(C)Sc2nnnn2-c2ccc(C)c(C)c2)cc1. The van der Waals surface area contributed by atoms with Crippen LogP contribution in [-0.2, 0) is 4.79 Å². The summed E-state index contributed by atoms with van der Waals surface area (Å²) >= 11 is 1.31. The molecule has 2 aromatic carbocycles. The van der Waals surface area contributed by atoms with Crippen LogP contribution in [0.3, 0.4) is 0 Å². The van der Waals surface area contributed by atoms with Crippen molar-refractivity contribution in [2.45, 2.75) is 31.2 Å². The van der Waals surface area contributed by atoms with Gasteiger partial charge in [0.15, 0.2) is 0 Å². The van der Waals surface area contributed by atoms with Crippen LogP contribution in [0.25, 0.3) is 5.69 Å². The third kappa shape index (κ3) is 4.46. The molecule has 8 heteroatoms. The number of carbonyl (C=O) groups excluding carboxylic acids is 1. The average Bonchev–Trinajstić information content (AvgIpc) is 3.12. The highest BCUT2D eigenvalue weighted by molar-refractivity contribution is 8.00. The predicted molar refractivity (Wildman–Crippen MR) is 106 cm³/mol. The van der Waals surface area contributed by atoms with Crippen LogP contribution in [0.2, 0.25) is 0 Å². The molecule has 1 heterocycles. The van der Waals surface area contributed by atoms with E-state index in [4.69, 9.17) is 4.74 Å². The molecule has 0 saturated heterocycles. The maximum atomic E-state index is 12.5. The number of benzene rings is 2. The Morgan fingerprint density at radius 1 is 1.15 bits per heavy atom. The van der Waals surface area contributed by atoms with Crippen molar-refractivity contribution in [2.75, 3.05) is 12.4 Å². The molecule has 0 aliphatic heterocycles. The molecule has 1 unspecified atom stereocenters. The summed E-state index contributed by atoms with van der Waals surface area (Å²) in [7, 11) is 1.60. The lowest BCUT2D eigenvalue weighted by atomic mass is 10.1. The Hall–Kier alpha value is -2.87. The second kappa shape index (κ2) is 8.22. The molecule has 0 saturated carbocycles. The zero-order valence-electron chi connectivity index (χ0n) is 15.6. The van der Waals surface area contributed by atoms with Gasteiger partial charge in [-0.3, -0.25) is 4.79 Å². The molecule has 0 radical (unpaired) electrons. The lowest BCUT2D eigenvalue weighted by Crippen LogP contribution is -2.22. The number of ether oxygens (including phenoxy) is 1. The first-order valence-corrected chi connectivity index (χ1v) is 9.33. The first kappa shape index (κ1) is 18.9. The second-order valence-corrected chi connectivity index (χ2v) is 7.43. The fraction of sp³-hybridized carbons (Fsp3) is 0.263. The van der Waals surface area contributed by atoms with Gasteiger partial charge in [0, 0.05) is 5.69 Å². The Bertz CT molecular complexity index is 940. The van der Waals surface area contributed by atoms with E-state index >= 15 is 0 Å². The van der Waals surface area contributed by atoms with Crippen molar-refractivity contribution < 1.29 is 9.53 Å². The average molecular weight is 383 g/mol. The molecule has 3 aromatic rings. The number of nitrogens with one attached hydrogen (secondary N) is 1. The van der Waals surface area contributed by atoms with E-state index < -0.39 is 0 Å². The summed E-state index contributed by atoms with van der Waals surface area (Å²) in [5, 5.41) is 15.0. The van der Waals surface area contributed by atoms with E-state index in [2.05, 4.69) is 27.8 Å². The van der Waals surface area contributed by atoms with Crippen molar-refractivity contribution in [1.82, 2.24) is 20.2 Å². The number of anilines is 1. The Labute approximate surface area is 162 Å². The van der Waals surface area contributed by atoms with Crippen molar-refractivity contribution in [1.29, 1.82) is 0 Å². The van der Waals surface area contributed by atoms with E-state index in [1.54, 1.807) is 36.1 Å². The van der Waals surface area contributed by atoms with Crippen LogP contribution in [-0.4, -0.2) is 38.5 Å². The highest BCUT2D eigenvalue weighted by Crippen LogP contribution is 2.25. The number of hydrogen-bond donors (Lipinski definition) is 1. The number of tetrazole rings is 1. The number of methoxy groups -OCH3 is 1. The van der Waals surface area contributed by atoms with Crippen molar-refractivity contribution in [3.05, 3.63) is 53.6 Å². The number of hydrogen-bond acceptors (Lipinski definition) is 6. The maximum Gasteiger partial charge on any atom is 0.237 e. The molecule has 1 atom stereocenters. The molecule has 0 fully saturated rings. The van der Waals surface area contributed by atoms with E-state index in [0.717, 1.165) is 17.0 Å². The molecule has 1 amide bonds. The van der Waals surface area contributed by atoms with Crippen molar-refractivity contribution in [3.63, 3.8) is 0 Å². The van der Waals surface area contributed by atoms with Gasteiger partial charge in [0.2, 0.25) is 11.1 Å². The van der Waals surface area contributed by atoms with Crippen LogP contribution in [0.1, 0.15) is 18.1 Å². The summed E-state index contributed by atoms with van der Waals surface area (Å²) in [5.74, 6) is 0.614. The van der Waals surface area contributed by atoms with Gasteiger partial charge in [-0.1, -0.05) is 17.8 Å². The smallest absolute Gasteiger partial charge is 0.237 e. The largest absolute Gasteiger partial charge is 0.497 e. The summed E-state index contributed by atoms with van der Waals surface area (Å²) < 4.78 is 6.77. The highest BCUT2D eigenvalue weighted by Gasteiger charge is 2.19. The highest BCUT2D eigenvalue weighted by atomic mass is 32.2. The molecule has 0 aliphatic rings. The standard InChI is InChI=1S/C19H21N5O2S/c1-12-5-8-16(11-13(12)2)24-19(21-22-23-24)27-14(3)18(25)20-15-6-9-17(26-4)10-7-15/h5-11,14H,1-4H3,(H,20,25). The summed E-state index contributed by atoms with van der Waals surface area (Å²) in [6.45, 7) is 5.92. The van der Waals surface area contributed by atoms with Crippen LogP contribution in [0.5, 0.6) is 5.75 Å². The van der Waals surface area contributed by atoms with Gasteiger partial charge in [0.25, 0.3) is 0 Å². The maximum absolute atomic E-state index is 12.5. The van der Waals surface area contributed by atoms with Gasteiger partial charge in [-0.05, 0) is 78.7 Å². The lowest BCUT2D eigenvalue weighted by molar-refractivity contribution is -0.115. The van der Waals surface area contributed by atoms with Gasteiger partial charge >= 0.3 is 0 Å². The van der Waals surface area contributed by atoms with Crippen molar-refractivity contribution in [3.8, 4) is 11.4 Å². The minimum Gasteiger partial charge on any atom is -0.497 e. The summed E-state index contributed by atoms with van der Waals surface area (Å²) in [5.41, 5.74) is 3.94. The summed E-state index contributed by atoms with van der Waals surface area (Å²) in [6, 6.07) is 13.2. The lowest BCUT2D eigenvalue weighted by Gasteiger charge is -2.12. The third-order valence-corrected chi connectivity index (χ3v) is 5.22. The third-order valence-electron chi connectivity index (χ3n) is 4.18. The quantitative estimate of drug-likeness (QED) is 0.657. The van der Waals surface area contributed by atoms with Crippen LogP contribution >= 0.6 is 11.8 Å². The monoisotopic (exact) mass is 383 g/mol. The van der Waals surface area contributed by atoms with E-state index in [1.165, 1.54) is 17.3 Å². The topological polar surface area (TPSA) is 81.9 Å². The number of amides is 1. The Morgan fingerprint density at radius 3 is 2.56 bits per heavy atom. The summed E-state index contributed by atoms with van der Waals surface area (Å²) in [6.07, 6.45) is 0. The van der Waals surface area contributed by atoms with Gasteiger partial charge in [0.1, 0.15) is 5.75 Å². The number of carbonyl (C=O) groups is 1. The number of nitrogens with zero attached hydrogens (tertiary/aromatic N) is 4. The Kier molecular flexibility index (Phi) is 5.75. The molecule has 0 aliphatic carbocycles. The fourth-order valence-electron chi connectivity index (χ4n) is 2.40. The van der Waals surface area contributed by atoms with Crippen LogP contribution < -0.4 is 10.1 Å². The molecular weight excluding hydrogens is 362 g/mol. The minimum absolute atomic E-state index is 0.125. The van der Waals surface area contributed by atoms with Crippen LogP contribution in [0, 0.1) is 13.8 Å². The van der Waals surface area contributed by atoms with Gasteiger partial charge in [0.05, 0.1) is 18.0 Å². The molecule has 0 bridgehead atoms. The Balaban J connectivity index is 1.70. The first-order valence-electron chi connectivity index (χ1n) is 8.45. The molecule has 140 valence electrons. The first-order chi connectivity index (χ1) is 13.0. The van der Waals surface area contributed by atoms with Gasteiger partial charge in [-0.2, -0.15) is 4.68 Å².